The van der Waals surface area contributed by atoms with E-state index in [2.05, 4.69) is 33.0 Å². The minimum Gasteiger partial charge on any atom is -0.444 e. The molecule has 6 rings (SSSR count). The number of nitrogens with zero attached hydrogens (tertiary/aromatic N) is 6. The Morgan fingerprint density at radius 3 is 2.48 bits per heavy atom. The van der Waals surface area contributed by atoms with Crippen LogP contribution in [0.2, 0.25) is 0 Å². The number of fused-ring (bicyclic) bond motifs is 1. The molecule has 0 saturated carbocycles. The number of hydrogen-bond donors (Lipinski definition) is 1. The van der Waals surface area contributed by atoms with E-state index in [1.165, 1.54) is 5.57 Å². The summed E-state index contributed by atoms with van der Waals surface area (Å²) in [5.41, 5.74) is 8.28. The molecule has 2 amide bonds. The van der Waals surface area contributed by atoms with Gasteiger partial charge in [-0.1, -0.05) is 16.9 Å². The first-order chi connectivity index (χ1) is 20.2. The third kappa shape index (κ3) is 6.25. The molecule has 1 aromatic heterocycles. The second-order valence-corrected chi connectivity index (χ2v) is 12.4. The lowest BCUT2D eigenvalue weighted by molar-refractivity contribution is 0.0184. The van der Waals surface area contributed by atoms with E-state index in [0.29, 0.717) is 37.8 Å². The second kappa shape index (κ2) is 11.7. The number of hydrogen-bond acceptors (Lipinski definition) is 8. The average molecular weight is 574 g/mol. The first kappa shape index (κ1) is 28.1. The summed E-state index contributed by atoms with van der Waals surface area (Å²) < 4.78 is 12.6. The van der Waals surface area contributed by atoms with Crippen LogP contribution < -0.4 is 5.43 Å². The number of allylic oxidation sites excluding steroid dienone is 4. The van der Waals surface area contributed by atoms with Gasteiger partial charge in [-0.15, -0.1) is 5.10 Å². The van der Waals surface area contributed by atoms with Crippen molar-refractivity contribution in [3.8, 4) is 5.69 Å². The van der Waals surface area contributed by atoms with Crippen molar-refractivity contribution in [2.75, 3.05) is 39.4 Å². The van der Waals surface area contributed by atoms with E-state index in [9.17, 15) is 9.59 Å². The molecule has 2 fully saturated rings. The predicted octanol–water partition coefficient (Wildman–Crippen LogP) is 3.91. The van der Waals surface area contributed by atoms with Gasteiger partial charge in [-0.3, -0.25) is 10.2 Å². The Bertz CT molecular complexity index is 1410. The van der Waals surface area contributed by atoms with Crippen LogP contribution in [0.25, 0.3) is 5.69 Å². The van der Waals surface area contributed by atoms with E-state index < -0.39 is 5.60 Å². The number of benzene rings is 1. The third-order valence-electron chi connectivity index (χ3n) is 8.23. The minimum atomic E-state index is -0.473. The molecule has 0 bridgehead atoms. The number of nitrogens with one attached hydrogen (secondary N) is 1. The fraction of sp³-hybridized carbons (Fsp3) is 0.516. The molecule has 4 heterocycles. The molecule has 1 N–H and O–H groups in total. The van der Waals surface area contributed by atoms with Crippen molar-refractivity contribution in [2.24, 2.45) is 16.9 Å². The van der Waals surface area contributed by atoms with Gasteiger partial charge in [-0.25, -0.2) is 9.48 Å². The lowest BCUT2D eigenvalue weighted by Gasteiger charge is -2.34. The molecular weight excluding hydrogens is 534 g/mol. The Morgan fingerprint density at radius 2 is 1.76 bits per heavy atom. The normalized spacial score (nSPS) is 21.2. The zero-order valence-electron chi connectivity index (χ0n) is 24.6. The summed E-state index contributed by atoms with van der Waals surface area (Å²) in [6, 6.07) is 7.45. The highest BCUT2D eigenvalue weighted by atomic mass is 16.6. The Kier molecular flexibility index (Phi) is 7.85. The smallest absolute Gasteiger partial charge is 0.410 e. The largest absolute Gasteiger partial charge is 0.444 e. The van der Waals surface area contributed by atoms with Crippen LogP contribution in [0.1, 0.15) is 62.5 Å². The summed E-state index contributed by atoms with van der Waals surface area (Å²) in [4.78, 5) is 28.9. The van der Waals surface area contributed by atoms with Crippen LogP contribution in [0, 0.1) is 11.8 Å². The van der Waals surface area contributed by atoms with Gasteiger partial charge in [0.2, 0.25) is 0 Å². The average Bonchev–Trinajstić information content (AvgIpc) is 3.64. The topological polar surface area (TPSA) is 114 Å². The van der Waals surface area contributed by atoms with Gasteiger partial charge in [0, 0.05) is 37.4 Å². The van der Waals surface area contributed by atoms with Crippen LogP contribution in [0.4, 0.5) is 4.79 Å². The van der Waals surface area contributed by atoms with Gasteiger partial charge in [0.05, 0.1) is 36.7 Å². The Balaban J connectivity index is 1.05. The molecule has 3 aliphatic heterocycles. The van der Waals surface area contributed by atoms with Crippen LogP contribution in [-0.2, 0) is 9.47 Å². The van der Waals surface area contributed by atoms with Crippen molar-refractivity contribution < 1.29 is 19.1 Å². The van der Waals surface area contributed by atoms with Crippen molar-refractivity contribution in [1.29, 1.82) is 0 Å². The molecule has 1 aliphatic carbocycles. The summed E-state index contributed by atoms with van der Waals surface area (Å²) in [5.74, 6) is 0.675. The number of carbonyl (C=O) groups is 2. The minimum absolute atomic E-state index is 0.0181. The Morgan fingerprint density at radius 1 is 1.02 bits per heavy atom. The standard InChI is InChI=1S/C31H39N7O4/c1-31(2,3)42-30(40)37-12-10-21(11-13-37)18-22-4-9-26-25(19-22)28(34-32-26)27-20-38(35-33-27)24-7-5-23(6-8-24)29(39)36-14-16-41-17-15-36/h4-9,20-21,25,32H,10-19H2,1-3H3. The highest BCUT2D eigenvalue weighted by Crippen LogP contribution is 2.35. The molecule has 1 atom stereocenters. The summed E-state index contributed by atoms with van der Waals surface area (Å²) in [6.07, 6.45) is 9.87. The SMILES string of the molecule is CC(C)(C)OC(=O)N1CCC(CC2=CC=C3NN=C(c4cn(-c5ccc(C(=O)N6CCOCC6)cc5)nn4)C3C2)CC1. The van der Waals surface area contributed by atoms with Crippen LogP contribution in [-0.4, -0.2) is 87.5 Å². The molecule has 0 spiro atoms. The number of carbonyl (C=O) groups excluding carboxylic acids is 2. The van der Waals surface area contributed by atoms with E-state index in [-0.39, 0.29) is 17.9 Å². The zero-order chi connectivity index (χ0) is 29.3. The first-order valence-corrected chi connectivity index (χ1v) is 14.8. The number of amides is 2. The highest BCUT2D eigenvalue weighted by Gasteiger charge is 2.33. The molecule has 4 aliphatic rings. The van der Waals surface area contributed by atoms with Crippen LogP contribution in [0.5, 0.6) is 0 Å². The molecular formula is C31H39N7O4. The van der Waals surface area contributed by atoms with Gasteiger partial charge in [0.15, 0.2) is 0 Å². The van der Waals surface area contributed by atoms with Gasteiger partial charge in [-0.05, 0) is 82.7 Å². The fourth-order valence-corrected chi connectivity index (χ4v) is 5.94. The van der Waals surface area contributed by atoms with Crippen molar-refractivity contribution in [2.45, 2.75) is 52.1 Å². The van der Waals surface area contributed by atoms with Gasteiger partial charge in [0.25, 0.3) is 5.91 Å². The van der Waals surface area contributed by atoms with E-state index in [1.807, 2.05) is 61.0 Å². The van der Waals surface area contributed by atoms with E-state index in [4.69, 9.17) is 9.47 Å². The van der Waals surface area contributed by atoms with Crippen LogP contribution in [0.15, 0.2) is 59.0 Å². The van der Waals surface area contributed by atoms with Crippen molar-refractivity contribution in [3.05, 3.63) is 65.1 Å². The van der Waals surface area contributed by atoms with E-state index >= 15 is 0 Å². The lowest BCUT2D eigenvalue weighted by Crippen LogP contribution is -2.41. The van der Waals surface area contributed by atoms with Crippen LogP contribution >= 0.6 is 0 Å². The molecule has 222 valence electrons. The van der Waals surface area contributed by atoms with Crippen LogP contribution in [0.3, 0.4) is 0 Å². The second-order valence-electron chi connectivity index (χ2n) is 12.4. The number of piperidine rings is 1. The first-order valence-electron chi connectivity index (χ1n) is 14.8. The maximum atomic E-state index is 12.8. The number of rotatable bonds is 5. The lowest BCUT2D eigenvalue weighted by atomic mass is 9.81. The third-order valence-corrected chi connectivity index (χ3v) is 8.23. The van der Waals surface area contributed by atoms with E-state index in [0.717, 1.165) is 61.6 Å². The maximum Gasteiger partial charge on any atom is 0.410 e. The summed E-state index contributed by atoms with van der Waals surface area (Å²) in [5, 5.41) is 13.4. The van der Waals surface area contributed by atoms with Gasteiger partial charge in [-0.2, -0.15) is 5.10 Å². The molecule has 11 nitrogen and oxygen atoms in total. The monoisotopic (exact) mass is 573 g/mol. The Labute approximate surface area is 246 Å². The number of morpholine rings is 1. The Hall–Kier alpha value is -3.99. The molecule has 11 heteroatoms. The van der Waals surface area contributed by atoms with Crippen molar-refractivity contribution in [3.63, 3.8) is 0 Å². The zero-order valence-corrected chi connectivity index (χ0v) is 24.6. The number of hydrazone groups is 1. The summed E-state index contributed by atoms with van der Waals surface area (Å²) >= 11 is 0. The van der Waals surface area contributed by atoms with E-state index in [1.54, 1.807) is 4.68 Å². The number of aromatic nitrogens is 3. The fourth-order valence-electron chi connectivity index (χ4n) is 5.94. The van der Waals surface area contributed by atoms with Gasteiger partial charge >= 0.3 is 6.09 Å². The molecule has 2 saturated heterocycles. The quantitative estimate of drug-likeness (QED) is 0.577. The number of likely N-dealkylation sites (tertiary alicyclic amines) is 1. The maximum absolute atomic E-state index is 12.8. The molecule has 0 radical (unpaired) electrons. The molecule has 2 aromatic rings. The van der Waals surface area contributed by atoms with Gasteiger partial charge < -0.3 is 19.3 Å². The summed E-state index contributed by atoms with van der Waals surface area (Å²) in [6.45, 7) is 9.56. The highest BCUT2D eigenvalue weighted by molar-refractivity contribution is 6.03. The van der Waals surface area contributed by atoms with Crippen molar-refractivity contribution in [1.82, 2.24) is 30.2 Å². The van der Waals surface area contributed by atoms with Crippen molar-refractivity contribution >= 4 is 17.7 Å². The summed E-state index contributed by atoms with van der Waals surface area (Å²) in [7, 11) is 0. The number of ether oxygens (including phenoxy) is 2. The molecule has 1 aromatic carbocycles. The predicted molar refractivity (Wildman–Crippen MR) is 157 cm³/mol. The molecule has 42 heavy (non-hydrogen) atoms. The molecule has 1 unspecified atom stereocenters. The van der Waals surface area contributed by atoms with Gasteiger partial charge in [0.1, 0.15) is 11.3 Å².